The molecule has 0 aromatic heterocycles. The topological polar surface area (TPSA) is 144 Å². The number of halogens is 1. The summed E-state index contributed by atoms with van der Waals surface area (Å²) in [5.74, 6) is -2.72. The van der Waals surface area contributed by atoms with E-state index >= 15 is 4.39 Å². The first-order chi connectivity index (χ1) is 24.2. The first kappa shape index (κ1) is 34.4. The zero-order chi connectivity index (χ0) is 36.5. The second-order valence-corrected chi connectivity index (χ2v) is 15.5. The van der Waals surface area contributed by atoms with Gasteiger partial charge in [0.05, 0.1) is 34.0 Å². The van der Waals surface area contributed by atoms with E-state index in [0.29, 0.717) is 19.0 Å². The van der Waals surface area contributed by atoms with E-state index in [1.165, 1.54) is 6.07 Å². The molecule has 12 heteroatoms. The Morgan fingerprint density at radius 2 is 1.78 bits per heavy atom. The van der Waals surface area contributed by atoms with E-state index in [-0.39, 0.29) is 57.9 Å². The maximum Gasteiger partial charge on any atom is 0.262 e. The number of benzene rings is 2. The number of rotatable bonds is 10. The van der Waals surface area contributed by atoms with Crippen LogP contribution in [0.15, 0.2) is 53.8 Å². The van der Waals surface area contributed by atoms with E-state index in [0.717, 1.165) is 47.2 Å². The van der Waals surface area contributed by atoms with Gasteiger partial charge in [0.1, 0.15) is 18.0 Å². The second kappa shape index (κ2) is 12.3. The van der Waals surface area contributed by atoms with E-state index in [1.54, 1.807) is 0 Å². The largest absolute Gasteiger partial charge is 0.392 e. The van der Waals surface area contributed by atoms with Gasteiger partial charge in [-0.3, -0.25) is 29.4 Å². The molecule has 2 N–H and O–H groups in total. The molecule has 2 unspecified atom stereocenters. The molecule has 2 aliphatic carbocycles. The molecule has 5 atom stereocenters. The molecule has 3 heterocycles. The average molecular weight is 695 g/mol. The fraction of sp³-hybridized carbons (Fsp3) is 0.487. The van der Waals surface area contributed by atoms with E-state index in [9.17, 15) is 24.4 Å². The zero-order valence-corrected chi connectivity index (χ0v) is 29.6. The number of nitriles is 1. The first-order valence-electron chi connectivity index (χ1n) is 17.7. The van der Waals surface area contributed by atoms with Crippen LogP contribution in [0.4, 0.5) is 15.8 Å². The molecule has 0 radical (unpaired) electrons. The van der Waals surface area contributed by atoms with Crippen molar-refractivity contribution in [3.8, 4) is 6.07 Å². The van der Waals surface area contributed by atoms with Crippen molar-refractivity contribution in [2.75, 3.05) is 23.3 Å². The standard InChI is InChI=1S/C39H43FN6O5/c1-22-37(3,4)38(5,23(2)51-44-22)14-15-45(27-8-6-26(7-9-27)39(21-41)12-13-39)20-25-16-24(25)19-42-31-18-29-28(17-30(31)40)35(49)46(36(29)50)32-10-11-33(47)43-34(32)48/h6-9,14-15,17-18,23-25,32,42H,10-13,16,19-20H2,1-5H3,(H,43,47,48)/b15-14+/t23?,24-,25-,32?,38+/m1/s1. The van der Waals surface area contributed by atoms with Crippen LogP contribution >= 0.6 is 0 Å². The van der Waals surface area contributed by atoms with Crippen LogP contribution in [0, 0.1) is 39.8 Å². The van der Waals surface area contributed by atoms with Gasteiger partial charge < -0.3 is 15.1 Å². The minimum Gasteiger partial charge on any atom is -0.392 e. The van der Waals surface area contributed by atoms with E-state index in [1.807, 2.05) is 13.8 Å². The van der Waals surface area contributed by atoms with Crippen LogP contribution in [0.2, 0.25) is 0 Å². The number of nitrogens with zero attached hydrogens (tertiary/aromatic N) is 4. The van der Waals surface area contributed by atoms with Gasteiger partial charge in [-0.1, -0.05) is 44.1 Å². The number of piperidine rings is 1. The van der Waals surface area contributed by atoms with Gasteiger partial charge in [-0.25, -0.2) is 4.39 Å². The molecule has 2 aromatic carbocycles. The third kappa shape index (κ3) is 5.86. The van der Waals surface area contributed by atoms with Crippen molar-refractivity contribution in [1.29, 1.82) is 5.26 Å². The number of nitrogens with one attached hydrogen (secondary N) is 2. The molecule has 2 saturated carbocycles. The highest BCUT2D eigenvalue weighted by Crippen LogP contribution is 2.50. The summed E-state index contributed by atoms with van der Waals surface area (Å²) in [5, 5.41) is 19.4. The lowest BCUT2D eigenvalue weighted by Gasteiger charge is -2.48. The van der Waals surface area contributed by atoms with Crippen LogP contribution in [-0.4, -0.2) is 59.5 Å². The lowest BCUT2D eigenvalue weighted by Crippen LogP contribution is -2.54. The van der Waals surface area contributed by atoms with Crippen molar-refractivity contribution in [1.82, 2.24) is 10.2 Å². The van der Waals surface area contributed by atoms with Gasteiger partial charge in [0.25, 0.3) is 11.8 Å². The maximum absolute atomic E-state index is 15.3. The number of hydrogen-bond acceptors (Lipinski definition) is 9. The number of hydrogen-bond donors (Lipinski definition) is 2. The Kier molecular flexibility index (Phi) is 8.31. The molecule has 3 aliphatic heterocycles. The predicted octanol–water partition coefficient (Wildman–Crippen LogP) is 5.68. The molecule has 5 aliphatic rings. The third-order valence-electron chi connectivity index (χ3n) is 12.3. The monoisotopic (exact) mass is 694 g/mol. The molecular formula is C39H43FN6O5. The van der Waals surface area contributed by atoms with Gasteiger partial charge in [-0.15, -0.1) is 0 Å². The fourth-order valence-corrected chi connectivity index (χ4v) is 7.59. The number of fused-ring (bicyclic) bond motifs is 1. The van der Waals surface area contributed by atoms with Gasteiger partial charge in [-0.2, -0.15) is 5.26 Å². The highest BCUT2D eigenvalue weighted by Gasteiger charge is 2.50. The van der Waals surface area contributed by atoms with Crippen LogP contribution in [0.25, 0.3) is 0 Å². The Hall–Kier alpha value is -5.05. The number of anilines is 2. The minimum absolute atomic E-state index is 0.00723. The molecule has 7 rings (SSSR count). The van der Waals surface area contributed by atoms with E-state index in [2.05, 4.69) is 84.1 Å². The van der Waals surface area contributed by atoms with Crippen LogP contribution in [-0.2, 0) is 19.8 Å². The lowest BCUT2D eigenvalue weighted by atomic mass is 9.61. The first-order valence-corrected chi connectivity index (χ1v) is 17.7. The third-order valence-corrected chi connectivity index (χ3v) is 12.3. The highest BCUT2D eigenvalue weighted by atomic mass is 19.1. The van der Waals surface area contributed by atoms with Gasteiger partial charge in [0.2, 0.25) is 11.8 Å². The average Bonchev–Trinajstić information content (AvgIpc) is 4.04. The minimum atomic E-state index is -1.11. The molecule has 4 amide bonds. The molecule has 11 nitrogen and oxygen atoms in total. The number of imide groups is 2. The summed E-state index contributed by atoms with van der Waals surface area (Å²) in [6, 6.07) is 12.0. The summed E-state index contributed by atoms with van der Waals surface area (Å²) in [6.07, 6.45) is 6.90. The molecule has 51 heavy (non-hydrogen) atoms. The Labute approximate surface area is 296 Å². The Morgan fingerprint density at radius 1 is 1.10 bits per heavy atom. The van der Waals surface area contributed by atoms with Crippen molar-refractivity contribution in [3.05, 3.63) is 71.2 Å². The van der Waals surface area contributed by atoms with Crippen molar-refractivity contribution in [2.45, 2.75) is 84.3 Å². The number of oxime groups is 1. The predicted molar refractivity (Wildman–Crippen MR) is 188 cm³/mol. The quantitative estimate of drug-likeness (QED) is 0.303. The molecule has 3 fully saturated rings. The normalized spacial score (nSPS) is 28.8. The summed E-state index contributed by atoms with van der Waals surface area (Å²) in [5.41, 5.74) is 2.05. The fourth-order valence-electron chi connectivity index (χ4n) is 7.59. The Balaban J connectivity index is 1.06. The number of amides is 4. The van der Waals surface area contributed by atoms with Crippen molar-refractivity contribution < 1.29 is 28.4 Å². The van der Waals surface area contributed by atoms with E-state index in [4.69, 9.17) is 4.84 Å². The Bertz CT molecular complexity index is 1930. The van der Waals surface area contributed by atoms with E-state index < -0.39 is 35.5 Å². The molecule has 0 bridgehead atoms. The van der Waals surface area contributed by atoms with Crippen LogP contribution in [0.3, 0.4) is 0 Å². The van der Waals surface area contributed by atoms with Gasteiger partial charge in [-0.05, 0) is 81.2 Å². The summed E-state index contributed by atoms with van der Waals surface area (Å²) in [6.45, 7) is 11.8. The van der Waals surface area contributed by atoms with Gasteiger partial charge >= 0.3 is 0 Å². The molecular weight excluding hydrogens is 651 g/mol. The summed E-state index contributed by atoms with van der Waals surface area (Å²) in [4.78, 5) is 59.3. The van der Waals surface area contributed by atoms with Crippen molar-refractivity contribution in [3.63, 3.8) is 0 Å². The van der Waals surface area contributed by atoms with Crippen LogP contribution in [0.1, 0.15) is 93.0 Å². The van der Waals surface area contributed by atoms with Crippen LogP contribution in [0.5, 0.6) is 0 Å². The Morgan fingerprint density at radius 3 is 2.43 bits per heavy atom. The maximum atomic E-state index is 15.3. The van der Waals surface area contributed by atoms with Crippen molar-refractivity contribution in [2.24, 2.45) is 27.8 Å². The SMILES string of the molecule is CC1=NOC(C)[C@](C)(/C=C/N(C[C@H]2C[C@@H]2CNc2cc3c(cc2F)C(=O)N(C2CCC(=O)NC2=O)C3=O)c2ccc(C3(C#N)CC3)cc2)C1(C)C. The van der Waals surface area contributed by atoms with Crippen molar-refractivity contribution >= 4 is 40.7 Å². The van der Waals surface area contributed by atoms with Gasteiger partial charge in [0.15, 0.2) is 0 Å². The molecule has 1 saturated heterocycles. The van der Waals surface area contributed by atoms with Gasteiger partial charge in [0, 0.05) is 42.2 Å². The number of carbonyl (C=O) groups is 4. The molecule has 266 valence electrons. The number of carbonyl (C=O) groups excluding carboxylic acids is 4. The molecule has 0 spiro atoms. The molecule has 2 aromatic rings. The smallest absolute Gasteiger partial charge is 0.262 e. The second-order valence-electron chi connectivity index (χ2n) is 15.5. The summed E-state index contributed by atoms with van der Waals surface area (Å²) in [7, 11) is 0. The van der Waals surface area contributed by atoms with Crippen LogP contribution < -0.4 is 15.5 Å². The summed E-state index contributed by atoms with van der Waals surface area (Å²) < 4.78 is 15.3. The highest BCUT2D eigenvalue weighted by molar-refractivity contribution is 6.23. The summed E-state index contributed by atoms with van der Waals surface area (Å²) >= 11 is 0. The lowest BCUT2D eigenvalue weighted by molar-refractivity contribution is -0.136. The zero-order valence-electron chi connectivity index (χ0n) is 29.6.